The maximum absolute atomic E-state index is 13.6. The van der Waals surface area contributed by atoms with Crippen LogP contribution in [0.4, 0.5) is 4.39 Å². The van der Waals surface area contributed by atoms with Gasteiger partial charge in [0.15, 0.2) is 0 Å². The first-order chi connectivity index (χ1) is 9.58. The summed E-state index contributed by atoms with van der Waals surface area (Å²) in [6.45, 7) is 5.51. The number of likely N-dealkylation sites (N-methyl/N-ethyl adjacent to an activating group) is 1. The van der Waals surface area contributed by atoms with Gasteiger partial charge in [-0.1, -0.05) is 18.2 Å². The van der Waals surface area contributed by atoms with E-state index in [0.29, 0.717) is 24.7 Å². The molecular weight excluding hydrogens is 293 g/mol. The number of piperazine rings is 1. The van der Waals surface area contributed by atoms with E-state index in [-0.39, 0.29) is 24.1 Å². The molecule has 21 heavy (non-hydrogen) atoms. The number of rotatable bonds is 4. The molecule has 6 heteroatoms. The smallest absolute Gasteiger partial charge is 0.236 e. The zero-order valence-corrected chi connectivity index (χ0v) is 13.3. The molecule has 1 aromatic carbocycles. The SMILES string of the molecule is C[C@H]1CNCCN1CC(=O)N(C)Cc1ccccc1F.Cl. The van der Waals surface area contributed by atoms with Gasteiger partial charge in [-0.15, -0.1) is 12.4 Å². The molecule has 0 unspecified atom stereocenters. The third kappa shape index (κ3) is 4.95. The summed E-state index contributed by atoms with van der Waals surface area (Å²) in [5, 5.41) is 3.30. The summed E-state index contributed by atoms with van der Waals surface area (Å²) >= 11 is 0. The lowest BCUT2D eigenvalue weighted by Gasteiger charge is -2.34. The van der Waals surface area contributed by atoms with Crippen molar-refractivity contribution in [1.82, 2.24) is 15.1 Å². The number of benzene rings is 1. The Kier molecular flexibility index (Phi) is 7.08. The van der Waals surface area contributed by atoms with Crippen molar-refractivity contribution in [2.75, 3.05) is 33.2 Å². The molecular formula is C15H23ClFN3O. The molecule has 1 aliphatic heterocycles. The van der Waals surface area contributed by atoms with Gasteiger partial charge < -0.3 is 10.2 Å². The van der Waals surface area contributed by atoms with Crippen LogP contribution in [0, 0.1) is 5.82 Å². The zero-order valence-electron chi connectivity index (χ0n) is 12.5. The van der Waals surface area contributed by atoms with Gasteiger partial charge in [-0.05, 0) is 13.0 Å². The minimum absolute atomic E-state index is 0. The van der Waals surface area contributed by atoms with Crippen molar-refractivity contribution in [2.45, 2.75) is 19.5 Å². The number of hydrogen-bond acceptors (Lipinski definition) is 3. The summed E-state index contributed by atoms with van der Waals surface area (Å²) in [7, 11) is 1.72. The van der Waals surface area contributed by atoms with Crippen LogP contribution in [0.3, 0.4) is 0 Å². The van der Waals surface area contributed by atoms with Crippen molar-refractivity contribution < 1.29 is 9.18 Å². The Bertz CT molecular complexity index is 472. The van der Waals surface area contributed by atoms with E-state index in [0.717, 1.165) is 19.6 Å². The minimum Gasteiger partial charge on any atom is -0.340 e. The van der Waals surface area contributed by atoms with E-state index in [1.54, 1.807) is 30.1 Å². The molecule has 2 rings (SSSR count). The lowest BCUT2D eigenvalue weighted by Crippen LogP contribution is -2.52. The molecule has 1 heterocycles. The normalized spacial score (nSPS) is 18.9. The first-order valence-electron chi connectivity index (χ1n) is 7.00. The third-order valence-corrected chi connectivity index (χ3v) is 3.77. The molecule has 0 saturated carbocycles. The Morgan fingerprint density at radius 3 is 2.86 bits per heavy atom. The van der Waals surface area contributed by atoms with Crippen molar-refractivity contribution in [3.05, 3.63) is 35.6 Å². The Balaban J connectivity index is 0.00000220. The van der Waals surface area contributed by atoms with Crippen LogP contribution in [0.1, 0.15) is 12.5 Å². The molecule has 0 spiro atoms. The maximum atomic E-state index is 13.6. The number of nitrogens with zero attached hydrogens (tertiary/aromatic N) is 2. The highest BCUT2D eigenvalue weighted by Gasteiger charge is 2.22. The molecule has 0 aromatic heterocycles. The van der Waals surface area contributed by atoms with E-state index in [1.807, 2.05) is 0 Å². The number of carbonyl (C=O) groups excluding carboxylic acids is 1. The Morgan fingerprint density at radius 2 is 2.19 bits per heavy atom. The van der Waals surface area contributed by atoms with Gasteiger partial charge in [-0.2, -0.15) is 0 Å². The number of amides is 1. The van der Waals surface area contributed by atoms with Gasteiger partial charge in [0.1, 0.15) is 5.82 Å². The fourth-order valence-electron chi connectivity index (χ4n) is 2.38. The monoisotopic (exact) mass is 315 g/mol. The topological polar surface area (TPSA) is 35.6 Å². The highest BCUT2D eigenvalue weighted by Crippen LogP contribution is 2.10. The van der Waals surface area contributed by atoms with Crippen LogP contribution in [0.15, 0.2) is 24.3 Å². The highest BCUT2D eigenvalue weighted by atomic mass is 35.5. The van der Waals surface area contributed by atoms with E-state index in [9.17, 15) is 9.18 Å². The van der Waals surface area contributed by atoms with Gasteiger partial charge in [0, 0.05) is 44.8 Å². The van der Waals surface area contributed by atoms with Gasteiger partial charge in [0.25, 0.3) is 0 Å². The Hall–Kier alpha value is -1.17. The van der Waals surface area contributed by atoms with Crippen LogP contribution in [0.25, 0.3) is 0 Å². The van der Waals surface area contributed by atoms with Crippen LogP contribution >= 0.6 is 12.4 Å². The molecule has 1 saturated heterocycles. The fraction of sp³-hybridized carbons (Fsp3) is 0.533. The van der Waals surface area contributed by atoms with Crippen molar-refractivity contribution in [1.29, 1.82) is 0 Å². The summed E-state index contributed by atoms with van der Waals surface area (Å²) in [6.07, 6.45) is 0. The number of carbonyl (C=O) groups is 1. The second-order valence-corrected chi connectivity index (χ2v) is 5.36. The first-order valence-corrected chi connectivity index (χ1v) is 7.00. The average molecular weight is 316 g/mol. The quantitative estimate of drug-likeness (QED) is 0.914. The largest absolute Gasteiger partial charge is 0.340 e. The predicted molar refractivity (Wildman–Crippen MR) is 84.0 cm³/mol. The van der Waals surface area contributed by atoms with E-state index in [4.69, 9.17) is 0 Å². The molecule has 1 atom stereocenters. The van der Waals surface area contributed by atoms with Gasteiger partial charge in [-0.3, -0.25) is 9.69 Å². The lowest BCUT2D eigenvalue weighted by atomic mass is 10.2. The van der Waals surface area contributed by atoms with E-state index < -0.39 is 0 Å². The van der Waals surface area contributed by atoms with Crippen molar-refractivity contribution >= 4 is 18.3 Å². The number of nitrogens with one attached hydrogen (secondary N) is 1. The molecule has 118 valence electrons. The molecule has 1 aromatic rings. The van der Waals surface area contributed by atoms with Crippen LogP contribution in [0.2, 0.25) is 0 Å². The van der Waals surface area contributed by atoms with Crippen molar-refractivity contribution in [2.24, 2.45) is 0 Å². The summed E-state index contributed by atoms with van der Waals surface area (Å²) in [5.41, 5.74) is 0.553. The molecule has 1 N–H and O–H groups in total. The van der Waals surface area contributed by atoms with Crippen LogP contribution in [-0.4, -0.2) is 55.0 Å². The molecule has 1 fully saturated rings. The minimum atomic E-state index is -0.261. The summed E-state index contributed by atoms with van der Waals surface area (Å²) in [4.78, 5) is 16.0. The number of halogens is 2. The molecule has 1 amide bonds. The van der Waals surface area contributed by atoms with Gasteiger partial charge >= 0.3 is 0 Å². The van der Waals surface area contributed by atoms with Crippen molar-refractivity contribution in [3.63, 3.8) is 0 Å². The van der Waals surface area contributed by atoms with Crippen LogP contribution in [-0.2, 0) is 11.3 Å². The zero-order chi connectivity index (χ0) is 14.5. The number of hydrogen-bond donors (Lipinski definition) is 1. The van der Waals surface area contributed by atoms with E-state index in [1.165, 1.54) is 6.07 Å². The molecule has 0 bridgehead atoms. The predicted octanol–water partition coefficient (Wildman–Crippen LogP) is 1.50. The second-order valence-electron chi connectivity index (χ2n) is 5.36. The van der Waals surface area contributed by atoms with Gasteiger partial charge in [0.05, 0.1) is 6.54 Å². The summed E-state index contributed by atoms with van der Waals surface area (Å²) in [6, 6.07) is 6.94. The Labute approximate surface area is 131 Å². The molecule has 0 radical (unpaired) electrons. The first kappa shape index (κ1) is 17.9. The lowest BCUT2D eigenvalue weighted by molar-refractivity contribution is -0.132. The van der Waals surface area contributed by atoms with E-state index >= 15 is 0 Å². The standard InChI is InChI=1S/C15H22FN3O.ClH/c1-12-9-17-7-8-19(12)11-15(20)18(2)10-13-5-3-4-6-14(13)16;/h3-6,12,17H,7-11H2,1-2H3;1H/t12-;/m0./s1. The highest BCUT2D eigenvalue weighted by molar-refractivity contribution is 5.85. The second kappa shape index (κ2) is 8.32. The summed E-state index contributed by atoms with van der Waals surface area (Å²) in [5.74, 6) is -0.232. The van der Waals surface area contributed by atoms with Crippen molar-refractivity contribution in [3.8, 4) is 0 Å². The molecule has 0 aliphatic carbocycles. The van der Waals surface area contributed by atoms with Gasteiger partial charge in [0.2, 0.25) is 5.91 Å². The maximum Gasteiger partial charge on any atom is 0.236 e. The van der Waals surface area contributed by atoms with Gasteiger partial charge in [-0.25, -0.2) is 4.39 Å². The van der Waals surface area contributed by atoms with E-state index in [2.05, 4.69) is 17.1 Å². The average Bonchev–Trinajstić information content (AvgIpc) is 2.43. The fourth-order valence-corrected chi connectivity index (χ4v) is 2.38. The Morgan fingerprint density at radius 1 is 1.48 bits per heavy atom. The third-order valence-electron chi connectivity index (χ3n) is 3.77. The molecule has 4 nitrogen and oxygen atoms in total. The van der Waals surface area contributed by atoms with Crippen LogP contribution in [0.5, 0.6) is 0 Å². The summed E-state index contributed by atoms with van der Waals surface area (Å²) < 4.78 is 13.6. The molecule has 1 aliphatic rings. The van der Waals surface area contributed by atoms with Crippen LogP contribution < -0.4 is 5.32 Å².